The molecule has 2 heteroatoms. The summed E-state index contributed by atoms with van der Waals surface area (Å²) >= 11 is 2.28. The molecule has 2 aliphatic carbocycles. The molecule has 0 aliphatic heterocycles. The van der Waals surface area contributed by atoms with Gasteiger partial charge in [-0.1, -0.05) is 51.0 Å². The summed E-state index contributed by atoms with van der Waals surface area (Å²) in [5.74, 6) is 0.932. The van der Waals surface area contributed by atoms with Gasteiger partial charge in [0.2, 0.25) is 0 Å². The minimum Gasteiger partial charge on any atom is -0.309 e. The second-order valence-electron chi connectivity index (χ2n) is 6.90. The molecule has 0 aromatic heterocycles. The lowest BCUT2D eigenvalue weighted by Gasteiger charge is -2.31. The van der Waals surface area contributed by atoms with Crippen LogP contribution in [0.3, 0.4) is 0 Å². The molecule has 4 atom stereocenters. The van der Waals surface area contributed by atoms with Crippen molar-refractivity contribution in [3.05, 3.63) is 35.4 Å². The zero-order valence-corrected chi connectivity index (χ0v) is 14.3. The van der Waals surface area contributed by atoms with Crippen molar-refractivity contribution in [1.82, 2.24) is 5.32 Å². The quantitative estimate of drug-likeness (QED) is 0.824. The first-order valence-electron chi connectivity index (χ1n) is 8.74. The number of fused-ring (bicyclic) bond motifs is 1. The van der Waals surface area contributed by atoms with Gasteiger partial charge in [0.25, 0.3) is 0 Å². The molecule has 21 heavy (non-hydrogen) atoms. The van der Waals surface area contributed by atoms with E-state index in [1.807, 2.05) is 0 Å². The highest BCUT2D eigenvalue weighted by molar-refractivity contribution is 8.00. The van der Waals surface area contributed by atoms with Crippen LogP contribution in [0.25, 0.3) is 0 Å². The first kappa shape index (κ1) is 15.4. The van der Waals surface area contributed by atoms with E-state index < -0.39 is 0 Å². The minimum absolute atomic E-state index is 0.573. The Hall–Kier alpha value is -0.470. The number of thioether (sulfide) groups is 1. The second-order valence-corrected chi connectivity index (χ2v) is 8.45. The molecular formula is C19H29NS. The minimum atomic E-state index is 0.573. The Balaban J connectivity index is 1.69. The third-order valence-electron chi connectivity index (χ3n) is 5.05. The zero-order valence-electron chi connectivity index (χ0n) is 13.5. The normalized spacial score (nSPS) is 32.1. The molecule has 3 rings (SSSR count). The van der Waals surface area contributed by atoms with Gasteiger partial charge in [-0.3, -0.25) is 0 Å². The number of rotatable bonds is 5. The molecule has 0 heterocycles. The summed E-state index contributed by atoms with van der Waals surface area (Å²) in [6, 6.07) is 9.65. The number of hydrogen-bond acceptors (Lipinski definition) is 2. The van der Waals surface area contributed by atoms with Crippen LogP contribution in [0.5, 0.6) is 0 Å². The molecule has 0 spiro atoms. The fourth-order valence-corrected chi connectivity index (χ4v) is 5.89. The van der Waals surface area contributed by atoms with Crippen LogP contribution in [-0.2, 0) is 6.42 Å². The van der Waals surface area contributed by atoms with Gasteiger partial charge < -0.3 is 5.32 Å². The Morgan fingerprint density at radius 1 is 1.24 bits per heavy atom. The van der Waals surface area contributed by atoms with Crippen molar-refractivity contribution in [3.8, 4) is 0 Å². The summed E-state index contributed by atoms with van der Waals surface area (Å²) in [6.07, 6.45) is 8.22. The molecule has 1 fully saturated rings. The molecule has 1 saturated carbocycles. The van der Waals surface area contributed by atoms with Crippen LogP contribution < -0.4 is 5.32 Å². The van der Waals surface area contributed by atoms with Crippen LogP contribution in [0, 0.1) is 5.92 Å². The van der Waals surface area contributed by atoms with E-state index in [2.05, 4.69) is 55.2 Å². The smallest absolute Gasteiger partial charge is 0.0446 e. The maximum Gasteiger partial charge on any atom is 0.0446 e. The Labute approximate surface area is 134 Å². The SMILES string of the molecule is CCCNC1c2ccccc2CC1SC1CCCC(C)C1. The maximum absolute atomic E-state index is 3.82. The highest BCUT2D eigenvalue weighted by atomic mass is 32.2. The molecule has 2 aliphatic rings. The van der Waals surface area contributed by atoms with E-state index >= 15 is 0 Å². The second kappa shape index (κ2) is 7.19. The summed E-state index contributed by atoms with van der Waals surface area (Å²) in [5, 5.41) is 5.45. The number of hydrogen-bond donors (Lipinski definition) is 1. The van der Waals surface area contributed by atoms with Crippen LogP contribution >= 0.6 is 11.8 Å². The molecule has 0 radical (unpaired) electrons. The Morgan fingerprint density at radius 2 is 2.10 bits per heavy atom. The fourth-order valence-electron chi connectivity index (χ4n) is 3.98. The highest BCUT2D eigenvalue weighted by Crippen LogP contribution is 2.43. The maximum atomic E-state index is 3.82. The number of benzene rings is 1. The van der Waals surface area contributed by atoms with Crippen molar-refractivity contribution in [2.24, 2.45) is 5.92 Å². The first-order chi connectivity index (χ1) is 10.3. The van der Waals surface area contributed by atoms with E-state index in [9.17, 15) is 0 Å². The molecular weight excluding hydrogens is 274 g/mol. The van der Waals surface area contributed by atoms with Crippen LogP contribution in [0.1, 0.15) is 63.1 Å². The van der Waals surface area contributed by atoms with Crippen LogP contribution in [0.4, 0.5) is 0 Å². The Bertz CT molecular complexity index is 459. The average molecular weight is 304 g/mol. The average Bonchev–Trinajstić information content (AvgIpc) is 2.82. The van der Waals surface area contributed by atoms with Crippen LogP contribution in [0.2, 0.25) is 0 Å². The van der Waals surface area contributed by atoms with Gasteiger partial charge >= 0.3 is 0 Å². The standard InChI is InChI=1S/C19H29NS/c1-3-11-20-19-17-10-5-4-8-15(17)13-18(19)21-16-9-6-7-14(2)12-16/h4-5,8,10,14,16,18-20H,3,6-7,9,11-13H2,1-2H3. The monoisotopic (exact) mass is 303 g/mol. The molecule has 0 bridgehead atoms. The van der Waals surface area contributed by atoms with Gasteiger partial charge in [-0.25, -0.2) is 0 Å². The van der Waals surface area contributed by atoms with Gasteiger partial charge in [-0.05, 0) is 49.3 Å². The summed E-state index contributed by atoms with van der Waals surface area (Å²) in [7, 11) is 0. The van der Waals surface area contributed by atoms with E-state index in [0.29, 0.717) is 6.04 Å². The Kier molecular flexibility index (Phi) is 5.29. The van der Waals surface area contributed by atoms with Gasteiger partial charge in [0.15, 0.2) is 0 Å². The van der Waals surface area contributed by atoms with Gasteiger partial charge in [0.1, 0.15) is 0 Å². The van der Waals surface area contributed by atoms with Crippen molar-refractivity contribution >= 4 is 11.8 Å². The van der Waals surface area contributed by atoms with Gasteiger partial charge in [-0.2, -0.15) is 11.8 Å². The summed E-state index contributed by atoms with van der Waals surface area (Å²) in [4.78, 5) is 0. The summed E-state index contributed by atoms with van der Waals surface area (Å²) < 4.78 is 0. The molecule has 1 N–H and O–H groups in total. The molecule has 4 unspecified atom stereocenters. The van der Waals surface area contributed by atoms with Crippen molar-refractivity contribution in [2.45, 2.75) is 68.9 Å². The molecule has 1 aromatic carbocycles. The van der Waals surface area contributed by atoms with Crippen LogP contribution in [0.15, 0.2) is 24.3 Å². The lowest BCUT2D eigenvalue weighted by molar-refractivity contribution is 0.392. The fraction of sp³-hybridized carbons (Fsp3) is 0.684. The number of nitrogens with one attached hydrogen (secondary N) is 1. The zero-order chi connectivity index (χ0) is 14.7. The molecule has 0 saturated heterocycles. The summed E-state index contributed by atoms with van der Waals surface area (Å²) in [6.45, 7) is 5.83. The van der Waals surface area contributed by atoms with E-state index in [1.165, 1.54) is 38.5 Å². The largest absolute Gasteiger partial charge is 0.309 e. The van der Waals surface area contributed by atoms with Gasteiger partial charge in [0.05, 0.1) is 0 Å². The Morgan fingerprint density at radius 3 is 2.90 bits per heavy atom. The summed E-state index contributed by atoms with van der Waals surface area (Å²) in [5.41, 5.74) is 3.14. The van der Waals surface area contributed by atoms with Crippen molar-refractivity contribution < 1.29 is 0 Å². The van der Waals surface area contributed by atoms with E-state index in [-0.39, 0.29) is 0 Å². The van der Waals surface area contributed by atoms with E-state index in [4.69, 9.17) is 0 Å². The van der Waals surface area contributed by atoms with Gasteiger partial charge in [0, 0.05) is 16.5 Å². The third-order valence-corrected chi connectivity index (χ3v) is 6.65. The van der Waals surface area contributed by atoms with E-state index in [1.54, 1.807) is 11.1 Å². The van der Waals surface area contributed by atoms with Crippen molar-refractivity contribution in [2.75, 3.05) is 6.54 Å². The topological polar surface area (TPSA) is 12.0 Å². The lowest BCUT2D eigenvalue weighted by atomic mass is 9.91. The predicted octanol–water partition coefficient (Wildman–Crippen LogP) is 4.96. The predicted molar refractivity (Wildman–Crippen MR) is 94.0 cm³/mol. The molecule has 1 aromatic rings. The third kappa shape index (κ3) is 3.65. The van der Waals surface area contributed by atoms with Crippen LogP contribution in [-0.4, -0.2) is 17.0 Å². The molecule has 0 amide bonds. The first-order valence-corrected chi connectivity index (χ1v) is 9.69. The highest BCUT2D eigenvalue weighted by Gasteiger charge is 2.34. The van der Waals surface area contributed by atoms with Gasteiger partial charge in [-0.15, -0.1) is 0 Å². The van der Waals surface area contributed by atoms with Crippen molar-refractivity contribution in [3.63, 3.8) is 0 Å². The van der Waals surface area contributed by atoms with E-state index in [0.717, 1.165) is 23.0 Å². The molecule has 1 nitrogen and oxygen atoms in total. The molecule has 116 valence electrons. The van der Waals surface area contributed by atoms with Crippen molar-refractivity contribution in [1.29, 1.82) is 0 Å². The lowest BCUT2D eigenvalue weighted by Crippen LogP contribution is -2.30.